The van der Waals surface area contributed by atoms with Crippen molar-refractivity contribution in [3.8, 4) is 0 Å². The van der Waals surface area contributed by atoms with Gasteiger partial charge in [0, 0.05) is 16.5 Å². The van der Waals surface area contributed by atoms with Gasteiger partial charge < -0.3 is 4.84 Å². The van der Waals surface area contributed by atoms with Crippen molar-refractivity contribution < 1.29 is 4.84 Å². The molecule has 0 atom stereocenters. The molecule has 1 aromatic heterocycles. The summed E-state index contributed by atoms with van der Waals surface area (Å²) in [6.45, 7) is 6.70. The van der Waals surface area contributed by atoms with Crippen molar-refractivity contribution in [1.29, 1.82) is 0 Å². The van der Waals surface area contributed by atoms with E-state index in [9.17, 15) is 0 Å². The molecule has 0 amide bonds. The number of aryl methyl sites for hydroxylation is 1. The second-order valence-corrected chi connectivity index (χ2v) is 4.67. The monoisotopic (exact) mass is 186 g/mol. The Hall–Kier alpha value is -0.450. The van der Waals surface area contributed by atoms with Gasteiger partial charge in [0.1, 0.15) is 0 Å². The second kappa shape index (κ2) is 3.51. The maximum Gasteiger partial charge on any atom is 0.0896 e. The predicted octanol–water partition coefficient (Wildman–Crippen LogP) is 1.62. The topological polar surface area (TPSA) is 48.1 Å². The molecule has 1 aromatic rings. The molecule has 0 spiro atoms. The molecule has 1 heterocycles. The number of nitrogens with two attached hydrogens (primary N) is 1. The van der Waals surface area contributed by atoms with E-state index < -0.39 is 0 Å². The molecule has 0 bridgehead atoms. The van der Waals surface area contributed by atoms with E-state index in [1.807, 2.05) is 13.1 Å². The fourth-order valence-corrected chi connectivity index (χ4v) is 1.82. The van der Waals surface area contributed by atoms with Gasteiger partial charge in [0.25, 0.3) is 0 Å². The third-order valence-corrected chi connectivity index (χ3v) is 3.01. The molecule has 12 heavy (non-hydrogen) atoms. The first-order chi connectivity index (χ1) is 5.56. The van der Waals surface area contributed by atoms with Crippen LogP contribution >= 0.6 is 11.3 Å². The van der Waals surface area contributed by atoms with Crippen molar-refractivity contribution in [3.05, 3.63) is 16.1 Å². The van der Waals surface area contributed by atoms with Gasteiger partial charge in [0.2, 0.25) is 0 Å². The van der Waals surface area contributed by atoms with Crippen LogP contribution in [0.2, 0.25) is 0 Å². The maximum absolute atomic E-state index is 5.04. The lowest BCUT2D eigenvalue weighted by atomic mass is 9.94. The summed E-state index contributed by atoms with van der Waals surface area (Å²) in [6.07, 6.45) is 1.89. The molecule has 4 heteroatoms. The number of aromatic nitrogens is 1. The summed E-state index contributed by atoms with van der Waals surface area (Å²) >= 11 is 1.69. The smallest absolute Gasteiger partial charge is 0.0896 e. The Morgan fingerprint density at radius 2 is 2.33 bits per heavy atom. The van der Waals surface area contributed by atoms with Gasteiger partial charge in [-0.1, -0.05) is 13.8 Å². The van der Waals surface area contributed by atoms with Crippen LogP contribution in [0.1, 0.15) is 23.7 Å². The van der Waals surface area contributed by atoms with Crippen LogP contribution in [-0.4, -0.2) is 11.6 Å². The molecule has 0 saturated carbocycles. The molecule has 1 rings (SSSR count). The fourth-order valence-electron chi connectivity index (χ4n) is 0.954. The van der Waals surface area contributed by atoms with Crippen LogP contribution < -0.4 is 5.90 Å². The van der Waals surface area contributed by atoms with Gasteiger partial charge in [-0.15, -0.1) is 11.3 Å². The summed E-state index contributed by atoms with van der Waals surface area (Å²) < 4.78 is 0. The van der Waals surface area contributed by atoms with E-state index in [0.717, 1.165) is 5.01 Å². The van der Waals surface area contributed by atoms with Crippen LogP contribution in [0.4, 0.5) is 0 Å². The van der Waals surface area contributed by atoms with E-state index in [1.54, 1.807) is 11.3 Å². The Morgan fingerprint density at radius 1 is 1.67 bits per heavy atom. The zero-order valence-electron chi connectivity index (χ0n) is 7.63. The molecule has 68 valence electrons. The zero-order valence-corrected chi connectivity index (χ0v) is 8.44. The lowest BCUT2D eigenvalue weighted by Gasteiger charge is -2.20. The molecule has 0 aliphatic heterocycles. The van der Waals surface area contributed by atoms with Gasteiger partial charge in [-0.3, -0.25) is 0 Å². The Labute approximate surface area is 76.5 Å². The van der Waals surface area contributed by atoms with Crippen LogP contribution in [0.15, 0.2) is 6.20 Å². The fraction of sp³-hybridized carbons (Fsp3) is 0.625. The minimum absolute atomic E-state index is 0.0271. The molecule has 0 fully saturated rings. The third-order valence-electron chi connectivity index (χ3n) is 1.73. The molecular formula is C8H14N2OS. The summed E-state index contributed by atoms with van der Waals surface area (Å²) in [7, 11) is 0. The van der Waals surface area contributed by atoms with Crippen LogP contribution in [0.25, 0.3) is 0 Å². The SMILES string of the molecule is Cc1ncc(C(C)(C)CON)s1. The molecule has 2 N–H and O–H groups in total. The van der Waals surface area contributed by atoms with Gasteiger partial charge in [-0.25, -0.2) is 10.9 Å². The Kier molecular flexibility index (Phi) is 2.82. The highest BCUT2D eigenvalue weighted by molar-refractivity contribution is 7.11. The standard InChI is InChI=1S/C8H14N2OS/c1-6-10-4-7(12-6)8(2,3)5-11-9/h4H,5,9H2,1-3H3. The number of thiazole rings is 1. The first-order valence-corrected chi connectivity index (χ1v) is 4.62. The number of hydrogen-bond donors (Lipinski definition) is 1. The summed E-state index contributed by atoms with van der Waals surface area (Å²) in [5.41, 5.74) is -0.0271. The minimum Gasteiger partial charge on any atom is -0.304 e. The Bertz CT molecular complexity index is 257. The summed E-state index contributed by atoms with van der Waals surface area (Å²) in [6, 6.07) is 0. The van der Waals surface area contributed by atoms with E-state index >= 15 is 0 Å². The molecule has 3 nitrogen and oxygen atoms in total. The second-order valence-electron chi connectivity index (χ2n) is 3.44. The van der Waals surface area contributed by atoms with Crippen LogP contribution in [0.5, 0.6) is 0 Å². The summed E-state index contributed by atoms with van der Waals surface area (Å²) in [5.74, 6) is 5.04. The molecule has 0 unspecified atom stereocenters. The van der Waals surface area contributed by atoms with E-state index in [1.165, 1.54) is 4.88 Å². The zero-order chi connectivity index (χ0) is 9.19. The van der Waals surface area contributed by atoms with E-state index in [0.29, 0.717) is 6.61 Å². The molecule has 0 aliphatic carbocycles. The average Bonchev–Trinajstić information content (AvgIpc) is 2.36. The first kappa shape index (κ1) is 9.64. The highest BCUT2D eigenvalue weighted by atomic mass is 32.1. The summed E-state index contributed by atoms with van der Waals surface area (Å²) in [5, 5.41) is 1.08. The normalized spacial score (nSPS) is 12.0. The predicted molar refractivity (Wildman–Crippen MR) is 50.0 cm³/mol. The van der Waals surface area contributed by atoms with Crippen LogP contribution in [0.3, 0.4) is 0 Å². The number of nitrogens with zero attached hydrogens (tertiary/aromatic N) is 1. The van der Waals surface area contributed by atoms with E-state index in [-0.39, 0.29) is 5.41 Å². The van der Waals surface area contributed by atoms with Crippen molar-refractivity contribution in [3.63, 3.8) is 0 Å². The van der Waals surface area contributed by atoms with Crippen molar-refractivity contribution in [1.82, 2.24) is 4.98 Å². The van der Waals surface area contributed by atoms with Crippen LogP contribution in [0, 0.1) is 6.92 Å². The van der Waals surface area contributed by atoms with E-state index in [4.69, 9.17) is 5.90 Å². The quantitative estimate of drug-likeness (QED) is 0.730. The minimum atomic E-state index is -0.0271. The maximum atomic E-state index is 5.04. The molecule has 0 aliphatic rings. The average molecular weight is 186 g/mol. The van der Waals surface area contributed by atoms with Crippen LogP contribution in [-0.2, 0) is 10.3 Å². The van der Waals surface area contributed by atoms with Gasteiger partial charge in [-0.2, -0.15) is 0 Å². The van der Waals surface area contributed by atoms with Crippen molar-refractivity contribution in [2.45, 2.75) is 26.2 Å². The highest BCUT2D eigenvalue weighted by Crippen LogP contribution is 2.27. The van der Waals surface area contributed by atoms with Crippen molar-refractivity contribution in [2.24, 2.45) is 5.90 Å². The summed E-state index contributed by atoms with van der Waals surface area (Å²) in [4.78, 5) is 10.0. The third kappa shape index (κ3) is 2.03. The van der Waals surface area contributed by atoms with E-state index in [2.05, 4.69) is 23.7 Å². The largest absolute Gasteiger partial charge is 0.304 e. The Balaban J connectivity index is 2.81. The molecule has 0 radical (unpaired) electrons. The lowest BCUT2D eigenvalue weighted by molar-refractivity contribution is 0.0976. The van der Waals surface area contributed by atoms with Gasteiger partial charge >= 0.3 is 0 Å². The van der Waals surface area contributed by atoms with Crippen molar-refractivity contribution >= 4 is 11.3 Å². The first-order valence-electron chi connectivity index (χ1n) is 3.81. The van der Waals surface area contributed by atoms with Gasteiger partial charge in [0.15, 0.2) is 0 Å². The van der Waals surface area contributed by atoms with Gasteiger partial charge in [0.05, 0.1) is 11.6 Å². The van der Waals surface area contributed by atoms with Gasteiger partial charge in [-0.05, 0) is 6.92 Å². The molecule has 0 aromatic carbocycles. The highest BCUT2D eigenvalue weighted by Gasteiger charge is 2.22. The molecule has 0 saturated heterocycles. The number of rotatable bonds is 3. The van der Waals surface area contributed by atoms with Crippen molar-refractivity contribution in [2.75, 3.05) is 6.61 Å². The molecular weight excluding hydrogens is 172 g/mol. The Morgan fingerprint density at radius 3 is 2.75 bits per heavy atom. The lowest BCUT2D eigenvalue weighted by Crippen LogP contribution is -2.25. The number of hydrogen-bond acceptors (Lipinski definition) is 4.